The Balaban J connectivity index is 1.53. The number of hydrogen-bond acceptors (Lipinski definition) is 5. The molecule has 0 amide bonds. The van der Waals surface area contributed by atoms with Crippen molar-refractivity contribution in [2.24, 2.45) is 0 Å². The van der Waals surface area contributed by atoms with E-state index in [2.05, 4.69) is 21.6 Å². The van der Waals surface area contributed by atoms with Crippen LogP contribution < -0.4 is 9.46 Å². The highest BCUT2D eigenvalue weighted by Crippen LogP contribution is 2.17. The molecule has 0 saturated carbocycles. The Morgan fingerprint density at radius 3 is 2.45 bits per heavy atom. The molecule has 3 aromatic rings. The number of rotatable bonds is 9. The molecule has 29 heavy (non-hydrogen) atoms. The van der Waals surface area contributed by atoms with Crippen LogP contribution in [0.15, 0.2) is 60.9 Å². The summed E-state index contributed by atoms with van der Waals surface area (Å²) in [6.45, 7) is 2.14. The van der Waals surface area contributed by atoms with Gasteiger partial charge in [0, 0.05) is 5.56 Å². The summed E-state index contributed by atoms with van der Waals surface area (Å²) < 4.78 is 45.5. The van der Waals surface area contributed by atoms with Crippen molar-refractivity contribution < 1.29 is 17.5 Å². The Kier molecular flexibility index (Phi) is 6.90. The zero-order valence-corrected chi connectivity index (χ0v) is 16.8. The first-order valence-electron chi connectivity index (χ1n) is 9.21. The smallest absolute Gasteiger partial charge is 0.215 e. The second-order valence-electron chi connectivity index (χ2n) is 6.39. The molecule has 0 unspecified atom stereocenters. The number of sulfonamides is 1. The van der Waals surface area contributed by atoms with Gasteiger partial charge in [-0.15, -0.1) is 0 Å². The fraction of sp³-hybridized carbons (Fsp3) is 0.238. The Bertz CT molecular complexity index is 1040. The van der Waals surface area contributed by atoms with Gasteiger partial charge in [-0.2, -0.15) is 0 Å². The van der Waals surface area contributed by atoms with Crippen molar-refractivity contribution in [2.45, 2.75) is 19.9 Å². The van der Waals surface area contributed by atoms with Crippen molar-refractivity contribution in [3.63, 3.8) is 0 Å². The maximum atomic E-state index is 13.1. The van der Waals surface area contributed by atoms with Crippen LogP contribution in [0, 0.1) is 5.82 Å². The molecule has 152 valence electrons. The van der Waals surface area contributed by atoms with Crippen LogP contribution in [0.2, 0.25) is 0 Å². The van der Waals surface area contributed by atoms with Crippen molar-refractivity contribution in [2.75, 3.05) is 12.4 Å². The minimum absolute atomic E-state index is 0.0320. The van der Waals surface area contributed by atoms with Gasteiger partial charge in [-0.3, -0.25) is 0 Å². The van der Waals surface area contributed by atoms with Gasteiger partial charge in [0.1, 0.15) is 24.5 Å². The van der Waals surface area contributed by atoms with Crippen LogP contribution in [-0.2, 0) is 23.0 Å². The number of benzene rings is 2. The van der Waals surface area contributed by atoms with Gasteiger partial charge >= 0.3 is 0 Å². The summed E-state index contributed by atoms with van der Waals surface area (Å²) in [7, 11) is -3.53. The molecule has 3 rings (SSSR count). The van der Waals surface area contributed by atoms with Crippen LogP contribution in [0.4, 0.5) is 4.39 Å². The average Bonchev–Trinajstić information content (AvgIpc) is 2.73. The van der Waals surface area contributed by atoms with Crippen molar-refractivity contribution in [1.82, 2.24) is 14.7 Å². The predicted molar refractivity (Wildman–Crippen MR) is 109 cm³/mol. The van der Waals surface area contributed by atoms with Crippen molar-refractivity contribution in [1.29, 1.82) is 0 Å². The first-order valence-corrected chi connectivity index (χ1v) is 10.9. The fourth-order valence-electron chi connectivity index (χ4n) is 2.62. The van der Waals surface area contributed by atoms with E-state index in [0.717, 1.165) is 12.0 Å². The lowest BCUT2D eigenvalue weighted by atomic mass is 10.1. The molecule has 0 radical (unpaired) electrons. The summed E-state index contributed by atoms with van der Waals surface area (Å²) in [5, 5.41) is 0. The van der Waals surface area contributed by atoms with Crippen LogP contribution in [-0.4, -0.2) is 30.7 Å². The second-order valence-corrected chi connectivity index (χ2v) is 8.31. The quantitative estimate of drug-likeness (QED) is 0.580. The van der Waals surface area contributed by atoms with Gasteiger partial charge in [-0.25, -0.2) is 27.5 Å². The first-order chi connectivity index (χ1) is 13.9. The third kappa shape index (κ3) is 6.33. The third-order valence-corrected chi connectivity index (χ3v) is 5.58. The van der Waals surface area contributed by atoms with E-state index in [0.29, 0.717) is 17.1 Å². The molecule has 1 heterocycles. The van der Waals surface area contributed by atoms with Gasteiger partial charge in [0.15, 0.2) is 0 Å². The van der Waals surface area contributed by atoms with Gasteiger partial charge in [0.25, 0.3) is 0 Å². The molecule has 0 aliphatic heterocycles. The number of hydrogen-bond donors (Lipinski definition) is 1. The second kappa shape index (κ2) is 9.58. The summed E-state index contributed by atoms with van der Waals surface area (Å²) in [5.74, 6) is 0.134. The average molecular weight is 415 g/mol. The summed E-state index contributed by atoms with van der Waals surface area (Å²) in [6, 6.07) is 15.1. The van der Waals surface area contributed by atoms with E-state index in [4.69, 9.17) is 4.74 Å². The van der Waals surface area contributed by atoms with Gasteiger partial charge in [-0.1, -0.05) is 19.1 Å². The molecule has 1 aromatic heterocycles. The fourth-order valence-corrected chi connectivity index (χ4v) is 3.43. The van der Waals surface area contributed by atoms with Crippen molar-refractivity contribution in [3.8, 4) is 17.0 Å². The lowest BCUT2D eigenvalue weighted by Crippen LogP contribution is -2.29. The Morgan fingerprint density at radius 2 is 1.76 bits per heavy atom. The summed E-state index contributed by atoms with van der Waals surface area (Å²) >= 11 is 0. The van der Waals surface area contributed by atoms with E-state index in [1.807, 2.05) is 24.3 Å². The largest absolute Gasteiger partial charge is 0.492 e. The molecular formula is C21H22FN3O3S. The van der Waals surface area contributed by atoms with Crippen LogP contribution in [0.3, 0.4) is 0 Å². The van der Waals surface area contributed by atoms with E-state index < -0.39 is 10.0 Å². The lowest BCUT2D eigenvalue weighted by molar-refractivity contribution is 0.340. The zero-order valence-electron chi connectivity index (χ0n) is 16.0. The zero-order chi connectivity index (χ0) is 20.7. The van der Waals surface area contributed by atoms with E-state index in [1.165, 1.54) is 24.0 Å². The molecule has 0 atom stereocenters. The lowest BCUT2D eigenvalue weighted by Gasteiger charge is -2.09. The molecule has 0 aliphatic rings. The van der Waals surface area contributed by atoms with Crippen molar-refractivity contribution >= 4 is 10.0 Å². The Morgan fingerprint density at radius 1 is 1.03 bits per heavy atom. The number of halogens is 1. The predicted octanol–water partition coefficient (Wildman–Crippen LogP) is 3.34. The highest BCUT2D eigenvalue weighted by molar-refractivity contribution is 7.89. The summed E-state index contributed by atoms with van der Waals surface area (Å²) in [6.07, 6.45) is 2.29. The molecule has 0 spiro atoms. The topological polar surface area (TPSA) is 81.2 Å². The minimum Gasteiger partial charge on any atom is -0.492 e. The normalized spacial score (nSPS) is 11.4. The summed E-state index contributed by atoms with van der Waals surface area (Å²) in [4.78, 5) is 8.23. The molecule has 0 saturated heterocycles. The molecular weight excluding hydrogens is 393 g/mol. The van der Waals surface area contributed by atoms with Crippen LogP contribution in [0.5, 0.6) is 5.75 Å². The minimum atomic E-state index is -3.53. The van der Waals surface area contributed by atoms with Crippen LogP contribution in [0.25, 0.3) is 11.3 Å². The van der Waals surface area contributed by atoms with Crippen molar-refractivity contribution in [3.05, 3.63) is 78.0 Å². The molecule has 1 N–H and O–H groups in total. The number of nitrogens with one attached hydrogen (secondary N) is 1. The van der Waals surface area contributed by atoms with Gasteiger partial charge in [0.05, 0.1) is 23.7 Å². The highest BCUT2D eigenvalue weighted by atomic mass is 32.2. The number of aromatic nitrogens is 2. The highest BCUT2D eigenvalue weighted by Gasteiger charge is 2.12. The van der Waals surface area contributed by atoms with E-state index in [1.54, 1.807) is 18.2 Å². The summed E-state index contributed by atoms with van der Waals surface area (Å²) in [5.41, 5.74) is 3.02. The monoisotopic (exact) mass is 415 g/mol. The SMILES string of the molecule is CCc1ccc(OCCS(=O)(=O)NCc2cc(-c3ccc(F)cc3)ncn2)cc1. The van der Waals surface area contributed by atoms with Gasteiger partial charge < -0.3 is 4.74 Å². The van der Waals surface area contributed by atoms with E-state index in [-0.39, 0.29) is 24.7 Å². The molecule has 0 aliphatic carbocycles. The van der Waals surface area contributed by atoms with Crippen LogP contribution in [0.1, 0.15) is 18.2 Å². The number of ether oxygens (including phenoxy) is 1. The molecule has 8 heteroatoms. The molecule has 0 bridgehead atoms. The standard InChI is InChI=1S/C21H22FN3O3S/c1-2-16-3-9-20(10-4-16)28-11-12-29(26,27)25-14-19-13-21(24-15-23-19)17-5-7-18(22)8-6-17/h3-10,13,15,25H,2,11-12,14H2,1H3. The molecule has 2 aromatic carbocycles. The van der Waals surface area contributed by atoms with E-state index >= 15 is 0 Å². The number of nitrogens with zero attached hydrogens (tertiary/aromatic N) is 2. The van der Waals surface area contributed by atoms with Gasteiger partial charge in [-0.05, 0) is 54.4 Å². The van der Waals surface area contributed by atoms with Crippen LogP contribution >= 0.6 is 0 Å². The third-order valence-electron chi connectivity index (χ3n) is 4.29. The first kappa shape index (κ1) is 20.9. The maximum absolute atomic E-state index is 13.1. The van der Waals surface area contributed by atoms with Gasteiger partial charge in [0.2, 0.25) is 10.0 Å². The van der Waals surface area contributed by atoms with E-state index in [9.17, 15) is 12.8 Å². The Labute approximate surface area is 169 Å². The Hall–Kier alpha value is -2.84. The molecule has 6 nitrogen and oxygen atoms in total. The number of aryl methyl sites for hydroxylation is 1. The maximum Gasteiger partial charge on any atom is 0.215 e. The molecule has 0 fully saturated rings.